The van der Waals surface area contributed by atoms with E-state index in [0.717, 1.165) is 17.7 Å². The lowest BCUT2D eigenvalue weighted by atomic mass is 9.63. The molecule has 4 atom stereocenters. The highest BCUT2D eigenvalue weighted by atomic mass is 16.2. The van der Waals surface area contributed by atoms with E-state index in [2.05, 4.69) is 17.5 Å². The number of para-hydroxylation sites is 1. The maximum absolute atomic E-state index is 12.6. The number of nitrogens with one attached hydrogen (secondary N) is 1. The summed E-state index contributed by atoms with van der Waals surface area (Å²) in [7, 11) is 0. The van der Waals surface area contributed by atoms with E-state index in [9.17, 15) is 14.4 Å². The van der Waals surface area contributed by atoms with Crippen molar-refractivity contribution in [2.24, 2.45) is 23.7 Å². The fourth-order valence-electron chi connectivity index (χ4n) is 4.16. The second-order valence-corrected chi connectivity index (χ2v) is 6.52. The van der Waals surface area contributed by atoms with Crippen molar-refractivity contribution < 1.29 is 14.4 Å². The van der Waals surface area contributed by atoms with Crippen LogP contribution in [0, 0.1) is 23.7 Å². The van der Waals surface area contributed by atoms with Gasteiger partial charge in [-0.25, -0.2) is 0 Å². The molecule has 3 aliphatic carbocycles. The number of imide groups is 1. The molecule has 0 spiro atoms. The zero-order valence-electron chi connectivity index (χ0n) is 12.6. The largest absolute Gasteiger partial charge is 0.325 e. The summed E-state index contributed by atoms with van der Waals surface area (Å²) in [5.41, 5.74) is 0.663. The highest BCUT2D eigenvalue weighted by molar-refractivity contribution is 6.09. The van der Waals surface area contributed by atoms with Crippen LogP contribution in [0.4, 0.5) is 5.69 Å². The predicted octanol–water partition coefficient (Wildman–Crippen LogP) is 1.82. The molecule has 118 valence electrons. The van der Waals surface area contributed by atoms with E-state index in [0.29, 0.717) is 5.69 Å². The van der Waals surface area contributed by atoms with Gasteiger partial charge in [0.2, 0.25) is 17.7 Å². The zero-order chi connectivity index (χ0) is 16.0. The first-order valence-electron chi connectivity index (χ1n) is 8.03. The molecule has 5 nitrogen and oxygen atoms in total. The van der Waals surface area contributed by atoms with Gasteiger partial charge in [-0.3, -0.25) is 19.3 Å². The van der Waals surface area contributed by atoms with Crippen molar-refractivity contribution in [2.45, 2.75) is 12.8 Å². The van der Waals surface area contributed by atoms with Crippen LogP contribution in [-0.4, -0.2) is 29.2 Å². The normalized spacial score (nSPS) is 31.4. The molecule has 2 bridgehead atoms. The minimum absolute atomic E-state index is 0.156. The van der Waals surface area contributed by atoms with Gasteiger partial charge in [0.05, 0.1) is 11.8 Å². The third-order valence-corrected chi connectivity index (χ3v) is 5.21. The van der Waals surface area contributed by atoms with Gasteiger partial charge in [0.15, 0.2) is 0 Å². The Labute approximate surface area is 134 Å². The monoisotopic (exact) mass is 310 g/mol. The first-order chi connectivity index (χ1) is 11.1. The molecule has 0 radical (unpaired) electrons. The molecule has 1 aliphatic heterocycles. The standard InChI is InChI=1S/C18H18N2O3/c21-14(19-13-4-2-1-3-5-13)10-20-17(22)15-11-6-7-12(9-8-11)16(15)18(20)23/h1-7,11-12,15-16H,8-10H2,(H,19,21)/t11-,12-,15-,16+/m0/s1. The van der Waals surface area contributed by atoms with Crippen molar-refractivity contribution in [1.82, 2.24) is 4.90 Å². The van der Waals surface area contributed by atoms with Crippen LogP contribution in [0.2, 0.25) is 0 Å². The van der Waals surface area contributed by atoms with Gasteiger partial charge in [-0.15, -0.1) is 0 Å². The Kier molecular flexibility index (Phi) is 3.29. The van der Waals surface area contributed by atoms with E-state index < -0.39 is 0 Å². The van der Waals surface area contributed by atoms with E-state index in [1.165, 1.54) is 0 Å². The molecule has 1 saturated carbocycles. The summed E-state index contributed by atoms with van der Waals surface area (Å²) in [6.07, 6.45) is 6.08. The van der Waals surface area contributed by atoms with Crippen molar-refractivity contribution in [1.29, 1.82) is 0 Å². The molecule has 23 heavy (non-hydrogen) atoms. The number of likely N-dealkylation sites (tertiary alicyclic amines) is 1. The number of benzene rings is 1. The minimum atomic E-state index is -0.336. The summed E-state index contributed by atoms with van der Waals surface area (Å²) >= 11 is 0. The van der Waals surface area contributed by atoms with Crippen molar-refractivity contribution in [2.75, 3.05) is 11.9 Å². The molecule has 1 saturated heterocycles. The van der Waals surface area contributed by atoms with Crippen LogP contribution < -0.4 is 5.32 Å². The topological polar surface area (TPSA) is 66.5 Å². The quantitative estimate of drug-likeness (QED) is 0.684. The fraction of sp³-hybridized carbons (Fsp3) is 0.389. The van der Waals surface area contributed by atoms with Gasteiger partial charge in [0.25, 0.3) is 0 Å². The lowest BCUT2D eigenvalue weighted by Crippen LogP contribution is -2.38. The number of fused-ring (bicyclic) bond motifs is 1. The van der Waals surface area contributed by atoms with Gasteiger partial charge in [0.1, 0.15) is 6.54 Å². The third-order valence-electron chi connectivity index (χ3n) is 5.21. The third kappa shape index (κ3) is 2.27. The molecule has 5 heteroatoms. The summed E-state index contributed by atoms with van der Waals surface area (Å²) < 4.78 is 0. The Morgan fingerprint density at radius 1 is 1.00 bits per heavy atom. The molecular weight excluding hydrogens is 292 g/mol. The number of carbonyl (C=O) groups is 3. The van der Waals surface area contributed by atoms with Gasteiger partial charge in [-0.1, -0.05) is 30.4 Å². The highest BCUT2D eigenvalue weighted by Crippen LogP contribution is 2.49. The molecule has 1 heterocycles. The fourth-order valence-corrected chi connectivity index (χ4v) is 4.16. The van der Waals surface area contributed by atoms with E-state index in [1.54, 1.807) is 12.1 Å². The second-order valence-electron chi connectivity index (χ2n) is 6.52. The molecule has 1 aromatic carbocycles. The Balaban J connectivity index is 1.49. The number of carbonyl (C=O) groups excluding carboxylic acids is 3. The minimum Gasteiger partial charge on any atom is -0.325 e. The molecule has 1 aromatic rings. The lowest BCUT2D eigenvalue weighted by molar-refractivity contribution is -0.142. The number of anilines is 1. The summed E-state index contributed by atoms with van der Waals surface area (Å²) in [6, 6.07) is 9.04. The Bertz CT molecular complexity index is 665. The Hall–Kier alpha value is -2.43. The van der Waals surface area contributed by atoms with E-state index >= 15 is 0 Å². The van der Waals surface area contributed by atoms with E-state index in [-0.39, 0.29) is 47.9 Å². The van der Waals surface area contributed by atoms with Gasteiger partial charge < -0.3 is 5.32 Å². The predicted molar refractivity (Wildman–Crippen MR) is 84.1 cm³/mol. The number of hydrogen-bond acceptors (Lipinski definition) is 3. The van der Waals surface area contributed by atoms with Crippen molar-refractivity contribution in [3.8, 4) is 0 Å². The molecule has 2 fully saturated rings. The van der Waals surface area contributed by atoms with Gasteiger partial charge in [-0.2, -0.15) is 0 Å². The molecule has 4 aliphatic rings. The summed E-state index contributed by atoms with van der Waals surface area (Å²) in [6.45, 7) is -0.195. The maximum atomic E-state index is 12.6. The van der Waals surface area contributed by atoms with E-state index in [1.807, 2.05) is 18.2 Å². The van der Waals surface area contributed by atoms with Crippen LogP contribution in [0.15, 0.2) is 42.5 Å². The van der Waals surface area contributed by atoms with Crippen LogP contribution in [0.25, 0.3) is 0 Å². The van der Waals surface area contributed by atoms with Crippen LogP contribution >= 0.6 is 0 Å². The second kappa shape index (κ2) is 5.33. The molecule has 1 N–H and O–H groups in total. The number of hydrogen-bond donors (Lipinski definition) is 1. The Morgan fingerprint density at radius 2 is 1.57 bits per heavy atom. The van der Waals surface area contributed by atoms with Crippen molar-refractivity contribution in [3.63, 3.8) is 0 Å². The molecule has 5 rings (SSSR count). The SMILES string of the molecule is O=C(CN1C(=O)[C@@H]2[C@H](C1=O)[C@H]1C=C[C@H]2CC1)Nc1ccccc1. The highest BCUT2D eigenvalue weighted by Gasteiger charge is 2.56. The van der Waals surface area contributed by atoms with Crippen LogP contribution in [-0.2, 0) is 14.4 Å². The average Bonchev–Trinajstić information content (AvgIpc) is 2.84. The van der Waals surface area contributed by atoms with Crippen molar-refractivity contribution >= 4 is 23.4 Å². The first kappa shape index (κ1) is 14.2. The first-order valence-corrected chi connectivity index (χ1v) is 8.03. The van der Waals surface area contributed by atoms with Gasteiger partial charge in [0, 0.05) is 5.69 Å². The van der Waals surface area contributed by atoms with Crippen LogP contribution in [0.1, 0.15) is 12.8 Å². The smallest absolute Gasteiger partial charge is 0.244 e. The lowest BCUT2D eigenvalue weighted by Gasteiger charge is -2.38. The summed E-state index contributed by atoms with van der Waals surface area (Å²) in [4.78, 5) is 38.6. The van der Waals surface area contributed by atoms with Crippen LogP contribution in [0.3, 0.4) is 0 Å². The van der Waals surface area contributed by atoms with Gasteiger partial charge in [-0.05, 0) is 36.8 Å². The molecule has 0 unspecified atom stereocenters. The number of amides is 3. The van der Waals surface area contributed by atoms with Crippen molar-refractivity contribution in [3.05, 3.63) is 42.5 Å². The molecule has 3 amide bonds. The Morgan fingerprint density at radius 3 is 2.09 bits per heavy atom. The van der Waals surface area contributed by atoms with Gasteiger partial charge >= 0.3 is 0 Å². The average molecular weight is 310 g/mol. The van der Waals surface area contributed by atoms with Crippen LogP contribution in [0.5, 0.6) is 0 Å². The molecular formula is C18H18N2O3. The van der Waals surface area contributed by atoms with E-state index in [4.69, 9.17) is 0 Å². The zero-order valence-corrected chi connectivity index (χ0v) is 12.6. The number of nitrogens with zero attached hydrogens (tertiary/aromatic N) is 1. The number of allylic oxidation sites excluding steroid dienone is 2. The maximum Gasteiger partial charge on any atom is 0.244 e. The summed E-state index contributed by atoms with van der Waals surface area (Å²) in [5.74, 6) is -0.889. The molecule has 0 aromatic heterocycles. The summed E-state index contributed by atoms with van der Waals surface area (Å²) in [5, 5.41) is 2.73. The number of rotatable bonds is 3.